The third-order valence-electron chi connectivity index (χ3n) is 5.08. The average Bonchev–Trinajstić information content (AvgIpc) is 2.98. The maximum absolute atomic E-state index is 13.1. The summed E-state index contributed by atoms with van der Waals surface area (Å²) >= 11 is 6.20. The molecule has 0 atom stereocenters. The van der Waals surface area contributed by atoms with Crippen LogP contribution in [0.1, 0.15) is 48.2 Å². The smallest absolute Gasteiger partial charge is 0.416 e. The molecule has 0 spiro atoms. The van der Waals surface area contributed by atoms with Crippen molar-refractivity contribution >= 4 is 28.3 Å². The van der Waals surface area contributed by atoms with Crippen molar-refractivity contribution in [1.82, 2.24) is 4.57 Å². The molecule has 1 N–H and O–H groups in total. The summed E-state index contributed by atoms with van der Waals surface area (Å²) in [5, 5.41) is 11.5. The first-order chi connectivity index (χ1) is 13.9. The van der Waals surface area contributed by atoms with Crippen LogP contribution in [-0.2, 0) is 24.4 Å². The molecule has 0 amide bonds. The number of alkyl halides is 3. The van der Waals surface area contributed by atoms with Gasteiger partial charge in [0.15, 0.2) is 0 Å². The first-order valence-corrected chi connectivity index (χ1v) is 9.87. The molecule has 3 aromatic rings. The van der Waals surface area contributed by atoms with Gasteiger partial charge in [-0.05, 0) is 56.2 Å². The van der Waals surface area contributed by atoms with Crippen molar-refractivity contribution in [2.24, 2.45) is 7.05 Å². The maximum Gasteiger partial charge on any atom is 0.416 e. The molecule has 162 valence electrons. The van der Waals surface area contributed by atoms with Gasteiger partial charge >= 0.3 is 6.18 Å². The number of carbonyl (C=O) groups excluding carboxylic acids is 1. The number of aryl methyl sites for hydroxylation is 3. The lowest BCUT2D eigenvalue weighted by Gasteiger charge is -2.11. The third-order valence-corrected chi connectivity index (χ3v) is 5.43. The van der Waals surface area contributed by atoms with Gasteiger partial charge < -0.3 is 14.5 Å². The Morgan fingerprint density at radius 3 is 2.27 bits per heavy atom. The molecule has 0 unspecified atom stereocenters. The predicted molar refractivity (Wildman–Crippen MR) is 114 cm³/mol. The fourth-order valence-corrected chi connectivity index (χ4v) is 3.29. The van der Waals surface area contributed by atoms with Crippen LogP contribution < -0.4 is 0 Å². The summed E-state index contributed by atoms with van der Waals surface area (Å²) in [6, 6.07) is 7.60. The Hall–Kier alpha value is -2.47. The van der Waals surface area contributed by atoms with Gasteiger partial charge in [0.1, 0.15) is 11.5 Å². The van der Waals surface area contributed by atoms with Crippen LogP contribution in [0.4, 0.5) is 13.2 Å². The van der Waals surface area contributed by atoms with Crippen molar-refractivity contribution in [2.45, 2.75) is 46.7 Å². The van der Waals surface area contributed by atoms with Gasteiger partial charge in [0.2, 0.25) is 0 Å². The molecule has 1 heterocycles. The van der Waals surface area contributed by atoms with Gasteiger partial charge in [-0.1, -0.05) is 24.6 Å². The highest BCUT2D eigenvalue weighted by molar-refractivity contribution is 6.31. The minimum Gasteiger partial charge on any atom is -0.507 e. The van der Waals surface area contributed by atoms with Crippen molar-refractivity contribution in [3.05, 3.63) is 63.3 Å². The lowest BCUT2D eigenvalue weighted by atomic mass is 10.0. The Kier molecular flexibility index (Phi) is 7.24. The third kappa shape index (κ3) is 5.17. The molecule has 7 heteroatoms. The molecular weight excluding hydrogens is 415 g/mol. The molecule has 0 aliphatic heterocycles. The predicted octanol–water partition coefficient (Wildman–Crippen LogP) is 6.75. The Bertz CT molecular complexity index is 1080. The highest BCUT2D eigenvalue weighted by atomic mass is 35.5. The molecule has 0 aliphatic carbocycles. The summed E-state index contributed by atoms with van der Waals surface area (Å²) in [5.41, 5.74) is 2.45. The molecule has 0 saturated heterocycles. The number of ketones is 1. The number of hydrogen-bond donors (Lipinski definition) is 1. The number of fused-ring (bicyclic) bond motifs is 1. The lowest BCUT2D eigenvalue weighted by molar-refractivity contribution is -0.137. The van der Waals surface area contributed by atoms with Crippen molar-refractivity contribution in [3.8, 4) is 5.75 Å². The lowest BCUT2D eigenvalue weighted by Crippen LogP contribution is -2.06. The van der Waals surface area contributed by atoms with Crippen LogP contribution in [-0.4, -0.2) is 15.5 Å². The van der Waals surface area contributed by atoms with E-state index in [4.69, 9.17) is 11.6 Å². The van der Waals surface area contributed by atoms with Gasteiger partial charge in [-0.15, -0.1) is 0 Å². The van der Waals surface area contributed by atoms with Crippen LogP contribution in [0.25, 0.3) is 10.9 Å². The topological polar surface area (TPSA) is 42.2 Å². The van der Waals surface area contributed by atoms with E-state index >= 15 is 0 Å². The normalized spacial score (nSPS) is 11.4. The SMILES string of the molecule is CCC(C)=O.Cc1ccc(Cl)c(Cc2cc3c(C)cc(C(F)(F)F)cc3n2C)c1O. The van der Waals surface area contributed by atoms with Crippen molar-refractivity contribution < 1.29 is 23.1 Å². The van der Waals surface area contributed by atoms with Crippen molar-refractivity contribution in [1.29, 1.82) is 0 Å². The summed E-state index contributed by atoms with van der Waals surface area (Å²) in [6.45, 7) is 6.87. The minimum atomic E-state index is -4.39. The van der Waals surface area contributed by atoms with Crippen LogP contribution in [0.5, 0.6) is 5.75 Å². The van der Waals surface area contributed by atoms with Crippen LogP contribution in [0.2, 0.25) is 5.02 Å². The van der Waals surface area contributed by atoms with E-state index < -0.39 is 11.7 Å². The van der Waals surface area contributed by atoms with Crippen LogP contribution in [0.15, 0.2) is 30.3 Å². The Morgan fingerprint density at radius 1 is 1.13 bits per heavy atom. The molecule has 1 aromatic heterocycles. The van der Waals surface area contributed by atoms with Crippen LogP contribution >= 0.6 is 11.6 Å². The minimum absolute atomic E-state index is 0.116. The first-order valence-electron chi connectivity index (χ1n) is 9.49. The number of aromatic nitrogens is 1. The van der Waals surface area contributed by atoms with Gasteiger partial charge in [0.05, 0.1) is 5.56 Å². The number of benzene rings is 2. The number of rotatable bonds is 3. The Balaban J connectivity index is 0.000000575. The summed E-state index contributed by atoms with van der Waals surface area (Å²) < 4.78 is 40.9. The first kappa shape index (κ1) is 23.8. The Morgan fingerprint density at radius 2 is 1.73 bits per heavy atom. The maximum atomic E-state index is 13.1. The second-order valence-corrected chi connectivity index (χ2v) is 7.75. The molecule has 0 saturated carbocycles. The zero-order valence-corrected chi connectivity index (χ0v) is 18.4. The fraction of sp³-hybridized carbons (Fsp3) is 0.348. The monoisotopic (exact) mass is 439 g/mol. The van der Waals surface area contributed by atoms with Gasteiger partial charge in [-0.2, -0.15) is 13.2 Å². The number of phenolic OH excluding ortho intramolecular Hbond substituents is 1. The summed E-state index contributed by atoms with van der Waals surface area (Å²) in [6.07, 6.45) is -3.39. The molecular formula is C23H25ClF3NO2. The molecule has 0 aliphatic rings. The van der Waals surface area contributed by atoms with Gasteiger partial charge in [0, 0.05) is 47.1 Å². The summed E-state index contributed by atoms with van der Waals surface area (Å²) in [7, 11) is 1.72. The number of Topliss-reactive ketones (excluding diaryl/α,β-unsaturated/α-hetero) is 1. The average molecular weight is 440 g/mol. The number of nitrogens with zero attached hydrogens (tertiary/aromatic N) is 1. The highest BCUT2D eigenvalue weighted by Crippen LogP contribution is 2.36. The second-order valence-electron chi connectivity index (χ2n) is 7.34. The van der Waals surface area contributed by atoms with E-state index in [9.17, 15) is 23.1 Å². The van der Waals surface area contributed by atoms with Gasteiger partial charge in [-0.3, -0.25) is 0 Å². The van der Waals surface area contributed by atoms with E-state index in [1.165, 1.54) is 0 Å². The fourth-order valence-electron chi connectivity index (χ4n) is 3.07. The number of aromatic hydroxyl groups is 1. The standard InChI is InChI=1S/C19H17ClF3NO.C4H8O/c1-10-4-5-16(20)15(18(10)25)9-13-8-14-11(2)6-12(19(21,22)23)7-17(14)24(13)3;1-3-4(2)5/h4-8,25H,9H2,1-3H3;3H2,1-2H3. The molecule has 3 rings (SSSR count). The summed E-state index contributed by atoms with van der Waals surface area (Å²) in [4.78, 5) is 9.81. The number of carbonyl (C=O) groups is 1. The molecule has 3 nitrogen and oxygen atoms in total. The zero-order valence-electron chi connectivity index (χ0n) is 17.6. The second kappa shape index (κ2) is 9.13. The number of hydrogen-bond acceptors (Lipinski definition) is 2. The molecule has 2 aromatic carbocycles. The van der Waals surface area contributed by atoms with E-state index in [1.807, 2.05) is 13.0 Å². The van der Waals surface area contributed by atoms with Gasteiger partial charge in [-0.25, -0.2) is 0 Å². The zero-order chi connectivity index (χ0) is 22.8. The molecule has 0 bridgehead atoms. The van der Waals surface area contributed by atoms with E-state index in [0.717, 1.165) is 23.2 Å². The quantitative estimate of drug-likeness (QED) is 0.490. The van der Waals surface area contributed by atoms with Gasteiger partial charge in [0.25, 0.3) is 0 Å². The van der Waals surface area contributed by atoms with E-state index in [0.29, 0.717) is 40.1 Å². The molecule has 30 heavy (non-hydrogen) atoms. The van der Waals surface area contributed by atoms with E-state index in [2.05, 4.69) is 0 Å². The van der Waals surface area contributed by atoms with Crippen molar-refractivity contribution in [3.63, 3.8) is 0 Å². The van der Waals surface area contributed by atoms with Crippen molar-refractivity contribution in [2.75, 3.05) is 0 Å². The Labute approximate surface area is 179 Å². The highest BCUT2D eigenvalue weighted by Gasteiger charge is 2.31. The molecule has 0 fully saturated rings. The van der Waals surface area contributed by atoms with Crippen LogP contribution in [0.3, 0.4) is 0 Å². The summed E-state index contributed by atoms with van der Waals surface area (Å²) in [5.74, 6) is 0.371. The largest absolute Gasteiger partial charge is 0.507 e. The van der Waals surface area contributed by atoms with E-state index in [1.54, 1.807) is 44.5 Å². The number of phenols is 1. The van der Waals surface area contributed by atoms with E-state index in [-0.39, 0.29) is 11.5 Å². The number of halogens is 4. The van der Waals surface area contributed by atoms with Crippen LogP contribution in [0, 0.1) is 13.8 Å². The molecule has 0 radical (unpaired) electrons.